The maximum Gasteiger partial charge on any atom is 0.174 e. The SMILES string of the molecule is O=C(CSc1ccc(Br)cn1)c1cc(Cl)ccc1Cl. The van der Waals surface area contributed by atoms with E-state index in [1.807, 2.05) is 12.1 Å². The van der Waals surface area contributed by atoms with Gasteiger partial charge in [-0.3, -0.25) is 4.79 Å². The minimum absolute atomic E-state index is 0.0674. The molecule has 0 saturated carbocycles. The molecule has 0 fully saturated rings. The van der Waals surface area contributed by atoms with Crippen molar-refractivity contribution < 1.29 is 4.79 Å². The zero-order chi connectivity index (χ0) is 13.8. The third kappa shape index (κ3) is 4.21. The highest BCUT2D eigenvalue weighted by Crippen LogP contribution is 2.24. The van der Waals surface area contributed by atoms with Crippen molar-refractivity contribution in [2.24, 2.45) is 0 Å². The minimum atomic E-state index is -0.0674. The molecular formula is C13H8BrCl2NOS. The van der Waals surface area contributed by atoms with Crippen molar-refractivity contribution in [1.82, 2.24) is 4.98 Å². The van der Waals surface area contributed by atoms with E-state index in [1.165, 1.54) is 11.8 Å². The fourth-order valence-electron chi connectivity index (χ4n) is 1.38. The van der Waals surface area contributed by atoms with Crippen LogP contribution in [-0.2, 0) is 0 Å². The highest BCUT2D eigenvalue weighted by Gasteiger charge is 2.11. The Balaban J connectivity index is 2.05. The summed E-state index contributed by atoms with van der Waals surface area (Å²) in [5, 5.41) is 1.70. The normalized spacial score (nSPS) is 10.5. The van der Waals surface area contributed by atoms with E-state index >= 15 is 0 Å². The van der Waals surface area contributed by atoms with Crippen LogP contribution in [0.15, 0.2) is 46.0 Å². The van der Waals surface area contributed by atoms with Crippen LogP contribution in [0.25, 0.3) is 0 Å². The van der Waals surface area contributed by atoms with Gasteiger partial charge < -0.3 is 0 Å². The summed E-state index contributed by atoms with van der Waals surface area (Å²) in [5.41, 5.74) is 0.443. The molecule has 1 heterocycles. The van der Waals surface area contributed by atoms with E-state index in [0.717, 1.165) is 9.50 Å². The van der Waals surface area contributed by atoms with Gasteiger partial charge in [-0.25, -0.2) is 4.98 Å². The van der Waals surface area contributed by atoms with E-state index in [1.54, 1.807) is 24.4 Å². The first-order valence-electron chi connectivity index (χ1n) is 5.29. The van der Waals surface area contributed by atoms with Crippen molar-refractivity contribution in [3.05, 3.63) is 56.6 Å². The maximum atomic E-state index is 12.1. The first-order valence-corrected chi connectivity index (χ1v) is 7.82. The molecule has 0 atom stereocenters. The Morgan fingerprint density at radius 1 is 1.26 bits per heavy atom. The van der Waals surface area contributed by atoms with Crippen LogP contribution in [0.1, 0.15) is 10.4 Å². The molecule has 0 amide bonds. The van der Waals surface area contributed by atoms with Gasteiger partial charge in [-0.1, -0.05) is 35.0 Å². The smallest absolute Gasteiger partial charge is 0.174 e. The van der Waals surface area contributed by atoms with Gasteiger partial charge in [0.25, 0.3) is 0 Å². The molecule has 1 aromatic heterocycles. The second kappa shape index (κ2) is 6.75. The number of carbonyl (C=O) groups excluding carboxylic acids is 1. The van der Waals surface area contributed by atoms with Gasteiger partial charge in [0.15, 0.2) is 5.78 Å². The minimum Gasteiger partial charge on any atom is -0.293 e. The summed E-state index contributed by atoms with van der Waals surface area (Å²) in [6.45, 7) is 0. The van der Waals surface area contributed by atoms with E-state index in [9.17, 15) is 4.79 Å². The molecule has 0 saturated heterocycles. The van der Waals surface area contributed by atoms with Gasteiger partial charge in [-0.2, -0.15) is 0 Å². The highest BCUT2D eigenvalue weighted by molar-refractivity contribution is 9.10. The number of carbonyl (C=O) groups is 1. The monoisotopic (exact) mass is 375 g/mol. The van der Waals surface area contributed by atoms with E-state index < -0.39 is 0 Å². The second-order valence-electron chi connectivity index (χ2n) is 3.65. The molecule has 0 unspecified atom stereocenters. The number of thioether (sulfide) groups is 1. The maximum absolute atomic E-state index is 12.1. The average Bonchev–Trinajstić information content (AvgIpc) is 2.40. The highest BCUT2D eigenvalue weighted by atomic mass is 79.9. The van der Waals surface area contributed by atoms with E-state index in [0.29, 0.717) is 15.6 Å². The number of pyridine rings is 1. The topological polar surface area (TPSA) is 30.0 Å². The standard InChI is InChI=1S/C13H8BrCl2NOS/c14-8-1-4-13(17-6-8)19-7-12(18)10-5-9(15)2-3-11(10)16/h1-6H,7H2. The van der Waals surface area contributed by atoms with Gasteiger partial charge >= 0.3 is 0 Å². The number of hydrogen-bond donors (Lipinski definition) is 0. The van der Waals surface area contributed by atoms with Gasteiger partial charge in [-0.15, -0.1) is 0 Å². The van der Waals surface area contributed by atoms with E-state index in [4.69, 9.17) is 23.2 Å². The Labute approximate surface area is 133 Å². The zero-order valence-electron chi connectivity index (χ0n) is 9.57. The molecule has 0 aliphatic rings. The van der Waals surface area contributed by atoms with Gasteiger partial charge in [0, 0.05) is 21.3 Å². The van der Waals surface area contributed by atoms with Crippen LogP contribution >= 0.6 is 50.9 Å². The molecular weight excluding hydrogens is 369 g/mol. The van der Waals surface area contributed by atoms with Gasteiger partial charge in [-0.05, 0) is 46.3 Å². The first kappa shape index (κ1) is 14.9. The van der Waals surface area contributed by atoms with Crippen molar-refractivity contribution in [1.29, 1.82) is 0 Å². The number of Topliss-reactive ketones (excluding diaryl/α,β-unsaturated/α-hetero) is 1. The zero-order valence-corrected chi connectivity index (χ0v) is 13.5. The predicted molar refractivity (Wildman–Crippen MR) is 83.5 cm³/mol. The van der Waals surface area contributed by atoms with Crippen LogP contribution in [0.4, 0.5) is 0 Å². The van der Waals surface area contributed by atoms with Crippen molar-refractivity contribution in [2.75, 3.05) is 5.75 Å². The van der Waals surface area contributed by atoms with Gasteiger partial charge in [0.1, 0.15) is 0 Å². The number of halogens is 3. The average molecular weight is 377 g/mol. The molecule has 2 aromatic rings. The lowest BCUT2D eigenvalue weighted by atomic mass is 10.1. The summed E-state index contributed by atoms with van der Waals surface area (Å²) in [5.74, 6) is 0.205. The van der Waals surface area contributed by atoms with Crippen molar-refractivity contribution in [2.45, 2.75) is 5.03 Å². The second-order valence-corrected chi connectivity index (χ2v) is 6.41. The lowest BCUT2D eigenvalue weighted by molar-refractivity contribution is 0.102. The molecule has 2 rings (SSSR count). The first-order chi connectivity index (χ1) is 9.06. The summed E-state index contributed by atoms with van der Waals surface area (Å²) >= 11 is 16.5. The Bertz CT molecular complexity index is 604. The largest absolute Gasteiger partial charge is 0.293 e. The lowest BCUT2D eigenvalue weighted by Gasteiger charge is -2.04. The molecule has 0 spiro atoms. The van der Waals surface area contributed by atoms with Gasteiger partial charge in [0.2, 0.25) is 0 Å². The molecule has 0 bridgehead atoms. The lowest BCUT2D eigenvalue weighted by Crippen LogP contribution is -2.03. The van der Waals surface area contributed by atoms with Crippen LogP contribution in [0.2, 0.25) is 10.0 Å². The summed E-state index contributed by atoms with van der Waals surface area (Å²) < 4.78 is 0.904. The van der Waals surface area contributed by atoms with Crippen molar-refractivity contribution >= 4 is 56.7 Å². The molecule has 6 heteroatoms. The van der Waals surface area contributed by atoms with Crippen LogP contribution in [0.3, 0.4) is 0 Å². The van der Waals surface area contributed by atoms with Crippen molar-refractivity contribution in [3.63, 3.8) is 0 Å². The fraction of sp³-hybridized carbons (Fsp3) is 0.0769. The quantitative estimate of drug-likeness (QED) is 0.547. The molecule has 2 nitrogen and oxygen atoms in total. The molecule has 98 valence electrons. The Kier molecular flexibility index (Phi) is 5.28. The molecule has 1 aromatic carbocycles. The van der Waals surface area contributed by atoms with Gasteiger partial charge in [0.05, 0.1) is 15.8 Å². The molecule has 0 radical (unpaired) electrons. The number of aromatic nitrogens is 1. The summed E-state index contributed by atoms with van der Waals surface area (Å²) in [4.78, 5) is 16.2. The summed E-state index contributed by atoms with van der Waals surface area (Å²) in [6.07, 6.45) is 1.69. The molecule has 19 heavy (non-hydrogen) atoms. The molecule has 0 aliphatic carbocycles. The Morgan fingerprint density at radius 2 is 2.05 bits per heavy atom. The predicted octanol–water partition coefficient (Wildman–Crippen LogP) is 5.13. The van der Waals surface area contributed by atoms with E-state index in [-0.39, 0.29) is 11.5 Å². The number of rotatable bonds is 4. The van der Waals surface area contributed by atoms with Crippen LogP contribution in [0.5, 0.6) is 0 Å². The van der Waals surface area contributed by atoms with Crippen LogP contribution in [-0.4, -0.2) is 16.5 Å². The third-order valence-corrected chi connectivity index (χ3v) is 4.26. The van der Waals surface area contributed by atoms with Crippen molar-refractivity contribution in [3.8, 4) is 0 Å². The van der Waals surface area contributed by atoms with E-state index in [2.05, 4.69) is 20.9 Å². The number of hydrogen-bond acceptors (Lipinski definition) is 3. The Morgan fingerprint density at radius 3 is 2.74 bits per heavy atom. The summed E-state index contributed by atoms with van der Waals surface area (Å²) in [6, 6.07) is 8.60. The molecule has 0 aliphatic heterocycles. The van der Waals surface area contributed by atoms with Crippen LogP contribution in [0, 0.1) is 0 Å². The third-order valence-electron chi connectivity index (χ3n) is 2.28. The Hall–Kier alpha value is -0.550. The number of nitrogens with zero attached hydrogens (tertiary/aromatic N) is 1. The van der Waals surface area contributed by atoms with Crippen LogP contribution < -0.4 is 0 Å². The number of ketones is 1. The number of benzene rings is 1. The molecule has 0 N–H and O–H groups in total. The fourth-order valence-corrected chi connectivity index (χ4v) is 2.73. The summed E-state index contributed by atoms with van der Waals surface area (Å²) in [7, 11) is 0.